The average molecular weight is 249 g/mol. The van der Waals surface area contributed by atoms with Gasteiger partial charge in [-0.2, -0.15) is 5.06 Å². The summed E-state index contributed by atoms with van der Waals surface area (Å²) >= 11 is 1.70. The zero-order valence-electron chi connectivity index (χ0n) is 7.07. The topological polar surface area (TPSA) is 101 Å². The molecule has 0 saturated heterocycles. The lowest BCUT2D eigenvalue weighted by molar-refractivity contribution is -0.432. The van der Waals surface area contributed by atoms with Crippen LogP contribution in [0, 0.1) is 0 Å². The minimum absolute atomic E-state index is 0.328. The van der Waals surface area contributed by atoms with Crippen molar-refractivity contribution in [3.63, 3.8) is 0 Å². The van der Waals surface area contributed by atoms with Crippen LogP contribution < -0.4 is 0 Å². The van der Waals surface area contributed by atoms with E-state index < -0.39 is 0 Å². The Labute approximate surface area is 88.8 Å². The highest BCUT2D eigenvalue weighted by atomic mass is 32.2. The second-order valence-corrected chi connectivity index (χ2v) is 3.44. The molecule has 0 saturated carbocycles. The summed E-state index contributed by atoms with van der Waals surface area (Å²) in [4.78, 5) is 0. The van der Waals surface area contributed by atoms with Crippen molar-refractivity contribution in [3.05, 3.63) is 0 Å². The molecule has 0 amide bonds. The highest BCUT2D eigenvalue weighted by Crippen LogP contribution is 2.04. The monoisotopic (exact) mass is 249 g/mol. The summed E-state index contributed by atoms with van der Waals surface area (Å²) in [6.07, 6.45) is 0. The van der Waals surface area contributed by atoms with E-state index in [1.807, 2.05) is 0 Å². The molecule has 0 aliphatic carbocycles. The van der Waals surface area contributed by atoms with Gasteiger partial charge < -0.3 is 5.21 Å². The summed E-state index contributed by atoms with van der Waals surface area (Å²) in [5.74, 6) is 0.832. The molecule has 0 spiro atoms. The van der Waals surface area contributed by atoms with E-state index in [2.05, 4.69) is 18.7 Å². The van der Waals surface area contributed by atoms with Crippen molar-refractivity contribution < 1.29 is 34.5 Å². The van der Waals surface area contributed by atoms with E-state index in [9.17, 15) is 0 Å². The number of hydroxylamine groups is 2. The lowest BCUT2D eigenvalue weighted by Gasteiger charge is -2.12. The smallest absolute Gasteiger partial charge is 0.0381 e. The fourth-order valence-corrected chi connectivity index (χ4v) is 1.30. The molecule has 10 heteroatoms. The average Bonchev–Trinajstić information content (AvgIpc) is 2.19. The lowest BCUT2D eigenvalue weighted by atomic mass is 10.6. The maximum atomic E-state index is 9.14. The zero-order valence-corrected chi connectivity index (χ0v) is 8.70. The number of hydrogen-bond acceptors (Lipinski definition) is 10. The minimum atomic E-state index is 0.328. The Hall–Kier alpha value is 0.380. The van der Waals surface area contributed by atoms with E-state index in [1.54, 1.807) is 0 Å². The Bertz CT molecular complexity index is 108. The number of nitrogens with zero attached hydrogens (tertiary/aromatic N) is 1. The second-order valence-electron chi connectivity index (χ2n) is 1.88. The molecule has 3 N–H and O–H groups in total. The molecular formula is C4H11NO7S2. The SMILES string of the molecule is OOOSCCN(O)CCSOOO. The van der Waals surface area contributed by atoms with Crippen molar-refractivity contribution >= 4 is 24.1 Å². The summed E-state index contributed by atoms with van der Waals surface area (Å²) < 4.78 is 8.16. The van der Waals surface area contributed by atoms with Gasteiger partial charge >= 0.3 is 0 Å². The Morgan fingerprint density at radius 2 is 1.36 bits per heavy atom. The normalized spacial score (nSPS) is 11.1. The van der Waals surface area contributed by atoms with E-state index >= 15 is 0 Å². The van der Waals surface area contributed by atoms with Gasteiger partial charge in [-0.15, -0.1) is 8.67 Å². The van der Waals surface area contributed by atoms with Crippen molar-refractivity contribution in [2.24, 2.45) is 0 Å². The van der Waals surface area contributed by atoms with Crippen LogP contribution in [-0.2, 0) is 18.7 Å². The van der Waals surface area contributed by atoms with Crippen LogP contribution in [0.5, 0.6) is 0 Å². The highest BCUT2D eigenvalue weighted by molar-refractivity contribution is 7.94. The van der Waals surface area contributed by atoms with Crippen LogP contribution in [-0.4, -0.2) is 45.4 Å². The van der Waals surface area contributed by atoms with Crippen molar-refractivity contribution in [2.45, 2.75) is 0 Å². The van der Waals surface area contributed by atoms with Gasteiger partial charge in [-0.3, -0.25) is 0 Å². The highest BCUT2D eigenvalue weighted by Gasteiger charge is 2.01. The van der Waals surface area contributed by atoms with E-state index in [-0.39, 0.29) is 0 Å². The second kappa shape index (κ2) is 11.5. The quantitative estimate of drug-likeness (QED) is 0.223. The summed E-state index contributed by atoms with van der Waals surface area (Å²) in [5.41, 5.74) is 0. The maximum absolute atomic E-state index is 9.14. The van der Waals surface area contributed by atoms with Crippen LogP contribution in [0.2, 0.25) is 0 Å². The van der Waals surface area contributed by atoms with Crippen LogP contribution in [0.4, 0.5) is 0 Å². The fourth-order valence-electron chi connectivity index (χ4n) is 0.508. The van der Waals surface area contributed by atoms with Gasteiger partial charge in [-0.05, 0) is 0 Å². The van der Waals surface area contributed by atoms with E-state index in [0.717, 1.165) is 29.1 Å². The van der Waals surface area contributed by atoms with E-state index in [1.165, 1.54) is 0 Å². The summed E-state index contributed by atoms with van der Waals surface area (Å²) in [6.45, 7) is 0.656. The van der Waals surface area contributed by atoms with Gasteiger partial charge in [0.05, 0.1) is 0 Å². The van der Waals surface area contributed by atoms with Crippen molar-refractivity contribution in [1.29, 1.82) is 0 Å². The van der Waals surface area contributed by atoms with Gasteiger partial charge in [0.15, 0.2) is 0 Å². The lowest BCUT2D eigenvalue weighted by Crippen LogP contribution is -2.24. The molecule has 0 aromatic rings. The Morgan fingerprint density at radius 3 is 1.71 bits per heavy atom. The molecule has 0 aliphatic heterocycles. The van der Waals surface area contributed by atoms with Crippen molar-refractivity contribution in [2.75, 3.05) is 24.6 Å². The molecule has 0 aromatic carbocycles. The third-order valence-electron chi connectivity index (χ3n) is 1.02. The molecule has 0 rings (SSSR count). The molecule has 0 unspecified atom stereocenters. The van der Waals surface area contributed by atoms with Crippen LogP contribution in [0.3, 0.4) is 0 Å². The third kappa shape index (κ3) is 10.5. The predicted octanol–water partition coefficient (Wildman–Crippen LogP) is 0.816. The molecule has 0 heterocycles. The third-order valence-corrected chi connectivity index (χ3v) is 2.04. The van der Waals surface area contributed by atoms with E-state index in [4.69, 9.17) is 15.7 Å². The molecule has 0 atom stereocenters. The van der Waals surface area contributed by atoms with Gasteiger partial charge in [0.1, 0.15) is 0 Å². The predicted molar refractivity (Wildman–Crippen MR) is 47.9 cm³/mol. The molecule has 14 heavy (non-hydrogen) atoms. The van der Waals surface area contributed by atoms with Crippen LogP contribution in [0.15, 0.2) is 0 Å². The molecular weight excluding hydrogens is 238 g/mol. The summed E-state index contributed by atoms with van der Waals surface area (Å²) in [7, 11) is 0. The molecule has 86 valence electrons. The van der Waals surface area contributed by atoms with Crippen LogP contribution >= 0.6 is 24.1 Å². The molecule has 0 fully saturated rings. The van der Waals surface area contributed by atoms with Crippen molar-refractivity contribution in [1.82, 2.24) is 5.06 Å². The first kappa shape index (κ1) is 14.4. The standard InChI is InChI=1S/C4H11NO7S2/c6-5(1-3-13-11-9-7)2-4-14-12-10-8/h6-8H,1-4H2. The molecule has 0 aliphatic rings. The molecule has 0 bridgehead atoms. The zero-order chi connectivity index (χ0) is 10.6. The van der Waals surface area contributed by atoms with E-state index in [0.29, 0.717) is 24.6 Å². The van der Waals surface area contributed by atoms with Gasteiger partial charge in [0.2, 0.25) is 0 Å². The van der Waals surface area contributed by atoms with Gasteiger partial charge in [0, 0.05) is 48.7 Å². The largest absolute Gasteiger partial charge is 0.314 e. The first-order chi connectivity index (χ1) is 6.81. The fraction of sp³-hybridized carbons (Fsp3) is 1.00. The van der Waals surface area contributed by atoms with Gasteiger partial charge in [-0.1, -0.05) is 10.1 Å². The first-order valence-corrected chi connectivity index (χ1v) is 5.26. The maximum Gasteiger partial charge on any atom is 0.0381 e. The molecule has 0 aromatic heterocycles. The molecule has 8 nitrogen and oxygen atoms in total. The summed E-state index contributed by atoms with van der Waals surface area (Å²) in [6, 6.07) is 0. The summed E-state index contributed by atoms with van der Waals surface area (Å²) in [5, 5.41) is 32.3. The van der Waals surface area contributed by atoms with Crippen LogP contribution in [0.1, 0.15) is 0 Å². The number of rotatable bonds is 10. The first-order valence-electron chi connectivity index (χ1n) is 3.44. The van der Waals surface area contributed by atoms with Crippen LogP contribution in [0.25, 0.3) is 0 Å². The number of hydrogen-bond donors (Lipinski definition) is 3. The Kier molecular flexibility index (Phi) is 11.8. The Morgan fingerprint density at radius 1 is 0.929 bits per heavy atom. The molecule has 0 radical (unpaired) electrons. The van der Waals surface area contributed by atoms with Gasteiger partial charge in [0.25, 0.3) is 0 Å². The van der Waals surface area contributed by atoms with Gasteiger partial charge in [-0.25, -0.2) is 10.5 Å². The Balaban J connectivity index is 3.07. The minimum Gasteiger partial charge on any atom is -0.314 e. The van der Waals surface area contributed by atoms with Crippen molar-refractivity contribution in [3.8, 4) is 0 Å².